The maximum absolute atomic E-state index is 12.0. The molecule has 2 rings (SSSR count). The topological polar surface area (TPSA) is 57.7 Å². The van der Waals surface area contributed by atoms with Gasteiger partial charge in [0.2, 0.25) is 5.88 Å². The van der Waals surface area contributed by atoms with Crippen molar-refractivity contribution in [2.75, 3.05) is 32.2 Å². The van der Waals surface area contributed by atoms with Gasteiger partial charge in [-0.3, -0.25) is 4.79 Å². The van der Waals surface area contributed by atoms with Gasteiger partial charge in [0.25, 0.3) is 0 Å². The number of nitrogens with zero attached hydrogens (tertiary/aromatic N) is 1. The van der Waals surface area contributed by atoms with Gasteiger partial charge in [0, 0.05) is 22.8 Å². The highest BCUT2D eigenvalue weighted by Gasteiger charge is 2.20. The average molecular weight is 416 g/mol. The molecule has 0 saturated carbocycles. The lowest BCUT2D eigenvalue weighted by Crippen LogP contribution is -2.32. The molecule has 152 valence electrons. The summed E-state index contributed by atoms with van der Waals surface area (Å²) < 4.78 is 16.3. The van der Waals surface area contributed by atoms with Crippen LogP contribution in [-0.4, -0.2) is 43.1 Å². The molecule has 0 amide bonds. The number of rotatable bonds is 13. The second-order valence-electron chi connectivity index (χ2n) is 6.84. The summed E-state index contributed by atoms with van der Waals surface area (Å²) in [5.41, 5.74) is 0. The number of hydrogen-bond acceptors (Lipinski definition) is 6. The number of halogens is 1. The van der Waals surface area contributed by atoms with Gasteiger partial charge in [0.15, 0.2) is 0 Å². The molecular formula is C20H30ClNO4S. The summed E-state index contributed by atoms with van der Waals surface area (Å²) in [6, 6.07) is 1.84. The van der Waals surface area contributed by atoms with Gasteiger partial charge in [-0.05, 0) is 18.4 Å². The molecular weight excluding hydrogens is 386 g/mol. The Morgan fingerprint density at radius 1 is 1.44 bits per heavy atom. The van der Waals surface area contributed by atoms with Gasteiger partial charge in [0.1, 0.15) is 5.02 Å². The van der Waals surface area contributed by atoms with E-state index in [1.54, 1.807) is 6.20 Å². The van der Waals surface area contributed by atoms with Crippen LogP contribution in [-0.2, 0) is 14.3 Å². The van der Waals surface area contributed by atoms with Crippen LogP contribution in [0.4, 0.5) is 0 Å². The summed E-state index contributed by atoms with van der Waals surface area (Å²) in [4.78, 5) is 17.0. The molecule has 1 atom stereocenters. The third-order valence-corrected chi connectivity index (χ3v) is 6.11. The van der Waals surface area contributed by atoms with Crippen LogP contribution in [0, 0.1) is 11.8 Å². The zero-order valence-corrected chi connectivity index (χ0v) is 17.8. The number of aromatic nitrogens is 1. The van der Waals surface area contributed by atoms with Gasteiger partial charge in [-0.25, -0.2) is 4.98 Å². The van der Waals surface area contributed by atoms with Crippen molar-refractivity contribution in [3.05, 3.63) is 17.3 Å². The van der Waals surface area contributed by atoms with Crippen molar-refractivity contribution < 1.29 is 19.0 Å². The molecule has 1 aliphatic rings. The number of esters is 1. The average Bonchev–Trinajstić information content (AvgIpc) is 2.63. The first-order chi connectivity index (χ1) is 13.1. The molecule has 1 saturated heterocycles. The fourth-order valence-electron chi connectivity index (χ4n) is 2.62. The van der Waals surface area contributed by atoms with Crippen LogP contribution in [0.5, 0.6) is 5.88 Å². The van der Waals surface area contributed by atoms with E-state index in [4.69, 9.17) is 25.8 Å². The molecule has 0 aliphatic carbocycles. The molecule has 0 aromatic carbocycles. The zero-order valence-electron chi connectivity index (χ0n) is 16.2. The third-order valence-electron chi connectivity index (χ3n) is 4.57. The van der Waals surface area contributed by atoms with Crippen LogP contribution in [0.2, 0.25) is 5.02 Å². The molecule has 1 aromatic rings. The summed E-state index contributed by atoms with van der Waals surface area (Å²) >= 11 is 7.90. The highest BCUT2D eigenvalue weighted by Crippen LogP contribution is 2.33. The molecule has 27 heavy (non-hydrogen) atoms. The number of hydrogen-bond donors (Lipinski definition) is 0. The lowest BCUT2D eigenvalue weighted by Gasteiger charge is -2.25. The van der Waals surface area contributed by atoms with Gasteiger partial charge in [-0.15, -0.1) is 11.8 Å². The van der Waals surface area contributed by atoms with Crippen molar-refractivity contribution in [1.82, 2.24) is 4.98 Å². The van der Waals surface area contributed by atoms with E-state index in [0.29, 0.717) is 48.1 Å². The third kappa shape index (κ3) is 7.88. The van der Waals surface area contributed by atoms with Crippen molar-refractivity contribution in [3.8, 4) is 5.88 Å². The Morgan fingerprint density at radius 2 is 2.26 bits per heavy atom. The van der Waals surface area contributed by atoms with Crippen LogP contribution in [0.1, 0.15) is 46.0 Å². The lowest BCUT2D eigenvalue weighted by atomic mass is 10.0. The summed E-state index contributed by atoms with van der Waals surface area (Å²) in [6.45, 7) is 6.87. The van der Waals surface area contributed by atoms with E-state index in [2.05, 4.69) is 18.8 Å². The Labute approximate surface area is 171 Å². The van der Waals surface area contributed by atoms with Gasteiger partial charge < -0.3 is 14.2 Å². The first-order valence-corrected chi connectivity index (χ1v) is 11.1. The molecule has 1 aromatic heterocycles. The second-order valence-corrected chi connectivity index (χ2v) is 8.36. The molecule has 0 bridgehead atoms. The monoisotopic (exact) mass is 415 g/mol. The Kier molecular flexibility index (Phi) is 10.3. The minimum Gasteiger partial charge on any atom is -0.476 e. The molecule has 5 nitrogen and oxygen atoms in total. The minimum absolute atomic E-state index is 0.149. The van der Waals surface area contributed by atoms with E-state index in [-0.39, 0.29) is 5.97 Å². The summed E-state index contributed by atoms with van der Waals surface area (Å²) in [5, 5.41) is 0.502. The van der Waals surface area contributed by atoms with Crippen molar-refractivity contribution in [2.24, 2.45) is 11.8 Å². The molecule has 1 unspecified atom stereocenters. The van der Waals surface area contributed by atoms with E-state index < -0.39 is 0 Å². The van der Waals surface area contributed by atoms with Crippen molar-refractivity contribution >= 4 is 29.3 Å². The Hall–Kier alpha value is -0.980. The SMILES string of the molecule is CCCCC(CC)COC(=O)CCSc1ccnc(OCC2COC2)c1Cl. The minimum atomic E-state index is -0.149. The zero-order chi connectivity index (χ0) is 19.5. The number of carbonyl (C=O) groups excluding carboxylic acids is 1. The highest BCUT2D eigenvalue weighted by atomic mass is 35.5. The lowest BCUT2D eigenvalue weighted by molar-refractivity contribution is -0.144. The maximum Gasteiger partial charge on any atom is 0.306 e. The van der Waals surface area contributed by atoms with Crippen molar-refractivity contribution in [3.63, 3.8) is 0 Å². The molecule has 7 heteroatoms. The van der Waals surface area contributed by atoms with E-state index >= 15 is 0 Å². The largest absolute Gasteiger partial charge is 0.476 e. The van der Waals surface area contributed by atoms with Crippen LogP contribution in [0.3, 0.4) is 0 Å². The van der Waals surface area contributed by atoms with Gasteiger partial charge in [-0.1, -0.05) is 44.7 Å². The van der Waals surface area contributed by atoms with Crippen LogP contribution >= 0.6 is 23.4 Å². The molecule has 0 spiro atoms. The number of ether oxygens (including phenoxy) is 3. The predicted molar refractivity (Wildman–Crippen MR) is 109 cm³/mol. The molecule has 2 heterocycles. The van der Waals surface area contributed by atoms with Crippen molar-refractivity contribution in [2.45, 2.75) is 50.8 Å². The Morgan fingerprint density at radius 3 is 2.93 bits per heavy atom. The maximum atomic E-state index is 12.0. The number of carbonyl (C=O) groups is 1. The van der Waals surface area contributed by atoms with E-state index in [0.717, 1.165) is 31.0 Å². The fraction of sp³-hybridized carbons (Fsp3) is 0.700. The van der Waals surface area contributed by atoms with Crippen LogP contribution < -0.4 is 4.74 Å². The standard InChI is InChI=1S/C20H30ClNO4S/c1-3-5-6-15(4-2)13-25-18(23)8-10-27-17-7-9-22-20(19(17)21)26-14-16-11-24-12-16/h7,9,15-16H,3-6,8,10-14H2,1-2H3. The molecule has 1 aliphatic heterocycles. The molecule has 0 N–H and O–H groups in total. The van der Waals surface area contributed by atoms with Gasteiger partial charge in [-0.2, -0.15) is 0 Å². The predicted octanol–water partition coefficient (Wildman–Crippen LogP) is 5.00. The van der Waals surface area contributed by atoms with Gasteiger partial charge in [0.05, 0.1) is 32.8 Å². The fourth-order valence-corrected chi connectivity index (χ4v) is 3.81. The van der Waals surface area contributed by atoms with Gasteiger partial charge >= 0.3 is 5.97 Å². The van der Waals surface area contributed by atoms with E-state index in [1.807, 2.05) is 6.07 Å². The number of pyridine rings is 1. The molecule has 1 fully saturated rings. The number of thioether (sulfide) groups is 1. The van der Waals surface area contributed by atoms with Crippen molar-refractivity contribution in [1.29, 1.82) is 0 Å². The summed E-state index contributed by atoms with van der Waals surface area (Å²) in [7, 11) is 0. The van der Waals surface area contributed by atoms with Crippen LogP contribution in [0.15, 0.2) is 17.2 Å². The molecule has 0 radical (unpaired) electrons. The van der Waals surface area contributed by atoms with Crippen LogP contribution in [0.25, 0.3) is 0 Å². The normalized spacial score (nSPS) is 15.2. The first kappa shape index (κ1) is 22.3. The summed E-state index contributed by atoms with van der Waals surface area (Å²) in [5.74, 6) is 1.79. The van der Waals surface area contributed by atoms with E-state index in [1.165, 1.54) is 24.6 Å². The smallest absolute Gasteiger partial charge is 0.306 e. The summed E-state index contributed by atoms with van der Waals surface area (Å²) in [6.07, 6.45) is 6.57. The Bertz CT molecular complexity index is 583. The quantitative estimate of drug-likeness (QED) is 0.333. The number of unbranched alkanes of at least 4 members (excludes halogenated alkanes) is 1. The second kappa shape index (κ2) is 12.5. The first-order valence-electron chi connectivity index (χ1n) is 9.77. The highest BCUT2D eigenvalue weighted by molar-refractivity contribution is 7.99. The van der Waals surface area contributed by atoms with E-state index in [9.17, 15) is 4.79 Å². The Balaban J connectivity index is 1.70.